The highest BCUT2D eigenvalue weighted by Gasteiger charge is 2.35. The van der Waals surface area contributed by atoms with Crippen molar-refractivity contribution in [1.29, 1.82) is 0 Å². The third-order valence-corrected chi connectivity index (χ3v) is 6.57. The summed E-state index contributed by atoms with van der Waals surface area (Å²) >= 11 is 0. The van der Waals surface area contributed by atoms with E-state index in [1.54, 1.807) is 0 Å². The number of rotatable bonds is 3. The molecule has 2 saturated heterocycles. The number of fused-ring (bicyclic) bond motifs is 1. The standard InChI is InChI=1S/C21H34N6/c1-22-21(27-15-18-5-3-4-6-19(18)16-27)24-14-17-7-8-20(23-13-17)26-11-9-25(2)10-12-26/h7-8,13,18-19H,3-6,9-12,14-16H2,1-2H3,(H,22,24). The van der Waals surface area contributed by atoms with E-state index in [1.165, 1.54) is 44.3 Å². The predicted molar refractivity (Wildman–Crippen MR) is 111 cm³/mol. The third-order valence-electron chi connectivity index (χ3n) is 6.57. The van der Waals surface area contributed by atoms with Crippen LogP contribution in [-0.2, 0) is 6.54 Å². The lowest BCUT2D eigenvalue weighted by atomic mass is 9.82. The van der Waals surface area contributed by atoms with Gasteiger partial charge in [-0.2, -0.15) is 0 Å². The Morgan fingerprint density at radius 1 is 1.11 bits per heavy atom. The summed E-state index contributed by atoms with van der Waals surface area (Å²) in [7, 11) is 4.08. The van der Waals surface area contributed by atoms with Crippen LogP contribution in [-0.4, -0.2) is 74.1 Å². The van der Waals surface area contributed by atoms with Crippen LogP contribution in [0.4, 0.5) is 5.82 Å². The molecule has 0 amide bonds. The number of aromatic nitrogens is 1. The first-order chi connectivity index (χ1) is 13.2. The fraction of sp³-hybridized carbons (Fsp3) is 0.714. The molecule has 3 aliphatic rings. The molecule has 6 nitrogen and oxygen atoms in total. The number of piperazine rings is 1. The summed E-state index contributed by atoms with van der Waals surface area (Å²) in [6, 6.07) is 4.36. The third kappa shape index (κ3) is 4.37. The fourth-order valence-corrected chi connectivity index (χ4v) is 4.84. The summed E-state index contributed by atoms with van der Waals surface area (Å²) in [4.78, 5) is 16.5. The molecule has 1 saturated carbocycles. The van der Waals surface area contributed by atoms with E-state index in [0.717, 1.165) is 56.3 Å². The Kier molecular flexibility index (Phi) is 5.81. The summed E-state index contributed by atoms with van der Waals surface area (Å²) in [6.07, 6.45) is 7.63. The van der Waals surface area contributed by atoms with E-state index < -0.39 is 0 Å². The van der Waals surface area contributed by atoms with Crippen molar-refractivity contribution in [2.75, 3.05) is 58.3 Å². The van der Waals surface area contributed by atoms with Gasteiger partial charge in [-0.1, -0.05) is 18.9 Å². The van der Waals surface area contributed by atoms with Crippen LogP contribution in [0.5, 0.6) is 0 Å². The Balaban J connectivity index is 1.30. The van der Waals surface area contributed by atoms with Crippen LogP contribution in [0.1, 0.15) is 31.2 Å². The zero-order valence-corrected chi connectivity index (χ0v) is 16.9. The van der Waals surface area contributed by atoms with Crippen molar-refractivity contribution in [3.05, 3.63) is 23.9 Å². The second-order valence-electron chi connectivity index (χ2n) is 8.43. The van der Waals surface area contributed by atoms with Crippen molar-refractivity contribution in [3.63, 3.8) is 0 Å². The van der Waals surface area contributed by atoms with Crippen molar-refractivity contribution < 1.29 is 0 Å². The minimum atomic E-state index is 0.786. The second kappa shape index (κ2) is 8.46. The van der Waals surface area contributed by atoms with Crippen molar-refractivity contribution in [2.45, 2.75) is 32.2 Å². The van der Waals surface area contributed by atoms with Crippen LogP contribution in [0.2, 0.25) is 0 Å². The van der Waals surface area contributed by atoms with Gasteiger partial charge in [0.2, 0.25) is 0 Å². The monoisotopic (exact) mass is 370 g/mol. The van der Waals surface area contributed by atoms with E-state index in [4.69, 9.17) is 4.98 Å². The van der Waals surface area contributed by atoms with Crippen LogP contribution < -0.4 is 10.2 Å². The topological polar surface area (TPSA) is 47.0 Å². The normalized spacial score (nSPS) is 27.0. The Labute approximate surface area is 163 Å². The molecule has 1 N–H and O–H groups in total. The Morgan fingerprint density at radius 3 is 2.41 bits per heavy atom. The average molecular weight is 371 g/mol. The molecular formula is C21H34N6. The van der Waals surface area contributed by atoms with Gasteiger partial charge in [0.05, 0.1) is 0 Å². The smallest absolute Gasteiger partial charge is 0.193 e. The minimum Gasteiger partial charge on any atom is -0.354 e. The maximum Gasteiger partial charge on any atom is 0.193 e. The summed E-state index contributed by atoms with van der Waals surface area (Å²) in [5.41, 5.74) is 1.21. The Bertz CT molecular complexity index is 621. The first kappa shape index (κ1) is 18.5. The van der Waals surface area contributed by atoms with Gasteiger partial charge in [0.15, 0.2) is 5.96 Å². The van der Waals surface area contributed by atoms with Crippen molar-refractivity contribution in [2.24, 2.45) is 16.8 Å². The first-order valence-corrected chi connectivity index (χ1v) is 10.6. The number of hydrogen-bond donors (Lipinski definition) is 1. The number of nitrogens with zero attached hydrogens (tertiary/aromatic N) is 5. The molecule has 1 aromatic heterocycles. The number of likely N-dealkylation sites (tertiary alicyclic amines) is 1. The van der Waals surface area contributed by atoms with Crippen LogP contribution in [0.25, 0.3) is 0 Å². The minimum absolute atomic E-state index is 0.786. The molecule has 148 valence electrons. The molecule has 0 radical (unpaired) electrons. The Morgan fingerprint density at radius 2 is 1.81 bits per heavy atom. The molecule has 1 aliphatic carbocycles. The molecule has 27 heavy (non-hydrogen) atoms. The molecule has 6 heteroatoms. The highest BCUT2D eigenvalue weighted by molar-refractivity contribution is 5.80. The lowest BCUT2D eigenvalue weighted by Crippen LogP contribution is -2.44. The largest absolute Gasteiger partial charge is 0.354 e. The number of pyridine rings is 1. The summed E-state index contributed by atoms with van der Waals surface area (Å²) in [6.45, 7) is 7.47. The molecule has 3 heterocycles. The van der Waals surface area contributed by atoms with E-state index in [2.05, 4.69) is 44.2 Å². The number of nitrogens with one attached hydrogen (secondary N) is 1. The lowest BCUT2D eigenvalue weighted by molar-refractivity contribution is 0.299. The van der Waals surface area contributed by atoms with E-state index in [1.807, 2.05) is 13.2 Å². The molecule has 1 aromatic rings. The van der Waals surface area contributed by atoms with Crippen LogP contribution in [0, 0.1) is 11.8 Å². The molecule has 0 spiro atoms. The average Bonchev–Trinajstić information content (AvgIpc) is 3.13. The summed E-state index contributed by atoms with van der Waals surface area (Å²) < 4.78 is 0. The lowest BCUT2D eigenvalue weighted by Gasteiger charge is -2.33. The van der Waals surface area contributed by atoms with Gasteiger partial charge in [0.1, 0.15) is 5.82 Å². The van der Waals surface area contributed by atoms with Crippen LogP contribution in [0.3, 0.4) is 0 Å². The molecule has 0 bridgehead atoms. The molecule has 3 fully saturated rings. The first-order valence-electron chi connectivity index (χ1n) is 10.6. The molecule has 0 aromatic carbocycles. The number of aliphatic imine (C=N–C) groups is 1. The van der Waals surface area contributed by atoms with Gasteiger partial charge < -0.3 is 20.0 Å². The highest BCUT2D eigenvalue weighted by atomic mass is 15.3. The van der Waals surface area contributed by atoms with Gasteiger partial charge in [0.25, 0.3) is 0 Å². The molecule has 4 rings (SSSR count). The van der Waals surface area contributed by atoms with Gasteiger partial charge in [0, 0.05) is 59.1 Å². The summed E-state index contributed by atoms with van der Waals surface area (Å²) in [5, 5.41) is 3.56. The fourth-order valence-electron chi connectivity index (χ4n) is 4.84. The van der Waals surface area contributed by atoms with Crippen molar-refractivity contribution >= 4 is 11.8 Å². The van der Waals surface area contributed by atoms with Gasteiger partial charge in [-0.15, -0.1) is 0 Å². The van der Waals surface area contributed by atoms with Gasteiger partial charge in [-0.3, -0.25) is 4.99 Å². The maximum absolute atomic E-state index is 4.70. The molecule has 2 aliphatic heterocycles. The van der Waals surface area contributed by atoms with Crippen molar-refractivity contribution in [3.8, 4) is 0 Å². The zero-order valence-electron chi connectivity index (χ0n) is 16.9. The number of likely N-dealkylation sites (N-methyl/N-ethyl adjacent to an activating group) is 1. The predicted octanol–water partition coefficient (Wildman–Crippen LogP) is 2.03. The molecular weight excluding hydrogens is 336 g/mol. The highest BCUT2D eigenvalue weighted by Crippen LogP contribution is 2.35. The number of anilines is 1. The van der Waals surface area contributed by atoms with Gasteiger partial charge >= 0.3 is 0 Å². The zero-order chi connectivity index (χ0) is 18.6. The van der Waals surface area contributed by atoms with Crippen molar-refractivity contribution in [1.82, 2.24) is 20.1 Å². The summed E-state index contributed by atoms with van der Waals surface area (Å²) in [5.74, 6) is 3.90. The molecule has 2 atom stereocenters. The van der Waals surface area contributed by atoms with Gasteiger partial charge in [-0.25, -0.2) is 4.98 Å². The van der Waals surface area contributed by atoms with E-state index >= 15 is 0 Å². The van der Waals surface area contributed by atoms with Crippen LogP contribution >= 0.6 is 0 Å². The van der Waals surface area contributed by atoms with Gasteiger partial charge in [-0.05, 0) is 43.4 Å². The Hall–Kier alpha value is -1.82. The van der Waals surface area contributed by atoms with E-state index in [9.17, 15) is 0 Å². The quantitative estimate of drug-likeness (QED) is 0.652. The molecule has 2 unspecified atom stereocenters. The van der Waals surface area contributed by atoms with Crippen LogP contribution in [0.15, 0.2) is 23.3 Å². The number of hydrogen-bond acceptors (Lipinski definition) is 4. The van der Waals surface area contributed by atoms with E-state index in [-0.39, 0.29) is 0 Å². The SMILES string of the molecule is CN=C(NCc1ccc(N2CCN(C)CC2)nc1)N1CC2CCCCC2C1. The second-order valence-corrected chi connectivity index (χ2v) is 8.43. The number of guanidine groups is 1. The van der Waals surface area contributed by atoms with E-state index in [0.29, 0.717) is 0 Å². The maximum atomic E-state index is 4.70.